The van der Waals surface area contributed by atoms with Gasteiger partial charge in [0.1, 0.15) is 17.5 Å². The Balaban J connectivity index is 1.56. The first-order valence-corrected chi connectivity index (χ1v) is 8.17. The lowest BCUT2D eigenvalue weighted by Crippen LogP contribution is -2.46. The normalized spacial score (nSPS) is 14.6. The van der Waals surface area contributed by atoms with E-state index in [1.807, 2.05) is 18.2 Å². The van der Waals surface area contributed by atoms with E-state index in [2.05, 4.69) is 32.5 Å². The van der Waals surface area contributed by atoms with Gasteiger partial charge in [-0.15, -0.1) is 0 Å². The molecule has 1 aliphatic rings. The van der Waals surface area contributed by atoms with E-state index in [1.54, 1.807) is 13.0 Å². The number of ether oxygens (including phenoxy) is 1. The van der Waals surface area contributed by atoms with Crippen molar-refractivity contribution in [3.05, 3.63) is 47.7 Å². The molecule has 7 nitrogen and oxygen atoms in total. The van der Waals surface area contributed by atoms with E-state index < -0.39 is 5.97 Å². The molecule has 1 fully saturated rings. The summed E-state index contributed by atoms with van der Waals surface area (Å²) in [6.45, 7) is 3.40. The summed E-state index contributed by atoms with van der Waals surface area (Å²) in [5.74, 6) is 2.29. The smallest absolute Gasteiger partial charge is 0.356 e. The number of carbonyl (C=O) groups excluding carboxylic acids is 1. The zero-order chi connectivity index (χ0) is 17.6. The highest BCUT2D eigenvalue weighted by Crippen LogP contribution is 2.31. The van der Waals surface area contributed by atoms with E-state index in [9.17, 15) is 4.79 Å². The molecule has 0 atom stereocenters. The van der Waals surface area contributed by atoms with Crippen LogP contribution in [0.2, 0.25) is 0 Å². The second-order valence-electron chi connectivity index (χ2n) is 6.27. The number of fused-ring (bicyclic) bond motifs is 1. The Morgan fingerprint density at radius 1 is 1.20 bits per heavy atom. The molecule has 1 aliphatic heterocycles. The van der Waals surface area contributed by atoms with E-state index in [4.69, 9.17) is 9.72 Å². The van der Waals surface area contributed by atoms with Crippen molar-refractivity contribution in [1.29, 1.82) is 0 Å². The number of methoxy groups -OCH3 is 1. The van der Waals surface area contributed by atoms with Crippen LogP contribution in [0.25, 0.3) is 11.0 Å². The number of esters is 1. The topological polar surface area (TPSA) is 73.1 Å². The number of benzene rings is 1. The number of anilines is 1. The minimum Gasteiger partial charge on any atom is -0.464 e. The first-order chi connectivity index (χ1) is 12.1. The third kappa shape index (κ3) is 2.61. The van der Waals surface area contributed by atoms with Gasteiger partial charge in [-0.25, -0.2) is 19.7 Å². The van der Waals surface area contributed by atoms with Gasteiger partial charge in [0.15, 0.2) is 5.69 Å². The number of aryl methyl sites for hydroxylation is 2. The highest BCUT2D eigenvalue weighted by atomic mass is 16.5. The fourth-order valence-electron chi connectivity index (χ4n) is 3.28. The molecule has 1 saturated heterocycles. The first-order valence-electron chi connectivity index (χ1n) is 8.17. The third-order valence-electron chi connectivity index (χ3n) is 4.61. The maximum Gasteiger partial charge on any atom is 0.356 e. The number of hydrogen-bond donors (Lipinski definition) is 0. The summed E-state index contributed by atoms with van der Waals surface area (Å²) in [7, 11) is 3.41. The van der Waals surface area contributed by atoms with Crippen LogP contribution in [-0.4, -0.2) is 45.7 Å². The molecule has 128 valence electrons. The number of nitrogens with zero attached hydrogens (tertiary/aromatic N) is 5. The molecule has 0 bridgehead atoms. The van der Waals surface area contributed by atoms with Crippen LogP contribution in [0.3, 0.4) is 0 Å². The van der Waals surface area contributed by atoms with Crippen molar-refractivity contribution in [2.24, 2.45) is 7.05 Å². The highest BCUT2D eigenvalue weighted by molar-refractivity contribution is 5.88. The SMILES string of the molecule is COC(=O)c1cc(N2CC(c3nc4ccccc4n3C)C2)nc(C)n1. The van der Waals surface area contributed by atoms with Crippen LogP contribution < -0.4 is 4.90 Å². The average Bonchev–Trinajstić information content (AvgIpc) is 2.89. The maximum absolute atomic E-state index is 11.7. The Kier molecular flexibility index (Phi) is 3.63. The van der Waals surface area contributed by atoms with E-state index in [-0.39, 0.29) is 5.69 Å². The van der Waals surface area contributed by atoms with Crippen molar-refractivity contribution in [2.45, 2.75) is 12.8 Å². The van der Waals surface area contributed by atoms with Crippen LogP contribution in [0.4, 0.5) is 5.82 Å². The summed E-state index contributed by atoms with van der Waals surface area (Å²) >= 11 is 0. The maximum atomic E-state index is 11.7. The van der Waals surface area contributed by atoms with Gasteiger partial charge < -0.3 is 14.2 Å². The fraction of sp³-hybridized carbons (Fsp3) is 0.333. The van der Waals surface area contributed by atoms with Crippen LogP contribution in [-0.2, 0) is 11.8 Å². The van der Waals surface area contributed by atoms with Gasteiger partial charge in [0, 0.05) is 26.2 Å². The monoisotopic (exact) mass is 337 g/mol. The van der Waals surface area contributed by atoms with Gasteiger partial charge in [0.2, 0.25) is 0 Å². The van der Waals surface area contributed by atoms with E-state index >= 15 is 0 Å². The van der Waals surface area contributed by atoms with Crippen LogP contribution in [0.5, 0.6) is 0 Å². The molecule has 0 saturated carbocycles. The lowest BCUT2D eigenvalue weighted by Gasteiger charge is -2.39. The molecular weight excluding hydrogens is 318 g/mol. The van der Waals surface area contributed by atoms with Crippen molar-refractivity contribution >= 4 is 22.8 Å². The zero-order valence-corrected chi connectivity index (χ0v) is 14.4. The van der Waals surface area contributed by atoms with Gasteiger partial charge in [-0.05, 0) is 19.1 Å². The molecule has 0 radical (unpaired) electrons. The first kappa shape index (κ1) is 15.6. The Morgan fingerprint density at radius 3 is 2.68 bits per heavy atom. The quantitative estimate of drug-likeness (QED) is 0.681. The standard InChI is InChI=1S/C18H19N5O2/c1-11-19-14(18(24)25-3)8-16(20-11)23-9-12(10-23)17-21-13-6-4-5-7-15(13)22(17)2/h4-8,12H,9-10H2,1-3H3. The Morgan fingerprint density at radius 2 is 1.96 bits per heavy atom. The van der Waals surface area contributed by atoms with Gasteiger partial charge in [-0.3, -0.25) is 0 Å². The number of rotatable bonds is 3. The van der Waals surface area contributed by atoms with Gasteiger partial charge >= 0.3 is 5.97 Å². The summed E-state index contributed by atoms with van der Waals surface area (Å²) in [5, 5.41) is 0. The molecule has 7 heteroatoms. The molecule has 0 unspecified atom stereocenters. The number of carbonyl (C=O) groups is 1. The molecule has 1 aromatic carbocycles. The van der Waals surface area contributed by atoms with Crippen LogP contribution in [0.15, 0.2) is 30.3 Å². The number of hydrogen-bond acceptors (Lipinski definition) is 6. The van der Waals surface area contributed by atoms with Crippen molar-refractivity contribution in [3.8, 4) is 0 Å². The third-order valence-corrected chi connectivity index (χ3v) is 4.61. The number of imidazole rings is 1. The second kappa shape index (κ2) is 5.84. The average molecular weight is 337 g/mol. The Hall–Kier alpha value is -2.96. The van der Waals surface area contributed by atoms with Crippen LogP contribution in [0.1, 0.15) is 28.1 Å². The Bertz CT molecular complexity index is 959. The minimum atomic E-state index is -0.445. The van der Waals surface area contributed by atoms with Gasteiger partial charge in [0.05, 0.1) is 24.1 Å². The summed E-state index contributed by atoms with van der Waals surface area (Å²) in [4.78, 5) is 27.2. The van der Waals surface area contributed by atoms with Crippen molar-refractivity contribution in [2.75, 3.05) is 25.1 Å². The van der Waals surface area contributed by atoms with E-state index in [0.29, 0.717) is 11.7 Å². The molecule has 0 aliphatic carbocycles. The minimum absolute atomic E-state index is 0.288. The van der Waals surface area contributed by atoms with E-state index in [1.165, 1.54) is 7.11 Å². The number of aromatic nitrogens is 4. The zero-order valence-electron chi connectivity index (χ0n) is 14.4. The van der Waals surface area contributed by atoms with Crippen LogP contribution >= 0.6 is 0 Å². The molecule has 4 rings (SSSR count). The molecule has 3 heterocycles. The van der Waals surface area contributed by atoms with E-state index in [0.717, 1.165) is 35.8 Å². The molecule has 25 heavy (non-hydrogen) atoms. The fourth-order valence-corrected chi connectivity index (χ4v) is 3.28. The summed E-state index contributed by atoms with van der Waals surface area (Å²) in [5.41, 5.74) is 2.45. The molecule has 0 N–H and O–H groups in total. The lowest BCUT2D eigenvalue weighted by atomic mass is 9.99. The predicted molar refractivity (Wildman–Crippen MR) is 93.8 cm³/mol. The number of para-hydroxylation sites is 2. The lowest BCUT2D eigenvalue weighted by molar-refractivity contribution is 0.0593. The molecule has 3 aromatic rings. The van der Waals surface area contributed by atoms with Crippen molar-refractivity contribution in [3.63, 3.8) is 0 Å². The van der Waals surface area contributed by atoms with Gasteiger partial charge in [0.25, 0.3) is 0 Å². The highest BCUT2D eigenvalue weighted by Gasteiger charge is 2.33. The van der Waals surface area contributed by atoms with Gasteiger partial charge in [-0.1, -0.05) is 12.1 Å². The molecular formula is C18H19N5O2. The summed E-state index contributed by atoms with van der Waals surface area (Å²) < 4.78 is 6.91. The molecule has 2 aromatic heterocycles. The largest absolute Gasteiger partial charge is 0.464 e. The second-order valence-corrected chi connectivity index (χ2v) is 6.27. The Labute approximate surface area is 145 Å². The summed E-state index contributed by atoms with van der Waals surface area (Å²) in [6, 6.07) is 9.83. The van der Waals surface area contributed by atoms with Gasteiger partial charge in [-0.2, -0.15) is 0 Å². The molecule has 0 amide bonds. The predicted octanol–water partition coefficient (Wildman–Crippen LogP) is 2.06. The molecule has 0 spiro atoms. The van der Waals surface area contributed by atoms with Crippen molar-refractivity contribution in [1.82, 2.24) is 19.5 Å². The van der Waals surface area contributed by atoms with Crippen LogP contribution in [0, 0.1) is 6.92 Å². The summed E-state index contributed by atoms with van der Waals surface area (Å²) in [6.07, 6.45) is 0. The van der Waals surface area contributed by atoms with Crippen molar-refractivity contribution < 1.29 is 9.53 Å².